The van der Waals surface area contributed by atoms with E-state index in [1.165, 1.54) is 14.0 Å². The molecule has 12 heavy (non-hydrogen) atoms. The van der Waals surface area contributed by atoms with Crippen LogP contribution in [0.1, 0.15) is 13.3 Å². The first-order chi connectivity index (χ1) is 5.69. The number of hydrogen-bond donors (Lipinski definition) is 0. The van der Waals surface area contributed by atoms with Gasteiger partial charge in [0.1, 0.15) is 5.78 Å². The molecular weight excluding hydrogens is 160 g/mol. The summed E-state index contributed by atoms with van der Waals surface area (Å²) in [6.45, 7) is 1.54. The minimum atomic E-state index is -0.438. The van der Waals surface area contributed by atoms with Crippen LogP contribution in [0.2, 0.25) is 0 Å². The Bertz CT molecular complexity index is 168. The summed E-state index contributed by atoms with van der Waals surface area (Å²) in [6.07, 6.45) is -0.152. The number of Topliss-reactive ketones (excluding diaryl/α,β-unsaturated/α-hetero) is 1. The highest BCUT2D eigenvalue weighted by atomic mass is 16.8. The molecule has 4 heteroatoms. The monoisotopic (exact) mass is 174 g/mol. The molecule has 0 radical (unpaired) electrons. The first-order valence-corrected chi connectivity index (χ1v) is 3.90. The van der Waals surface area contributed by atoms with Crippen LogP contribution in [0, 0.1) is 5.92 Å². The van der Waals surface area contributed by atoms with Crippen molar-refractivity contribution in [3.63, 3.8) is 0 Å². The molecule has 0 aromatic heterocycles. The van der Waals surface area contributed by atoms with E-state index in [0.29, 0.717) is 6.42 Å². The Morgan fingerprint density at radius 3 is 2.42 bits per heavy atom. The molecule has 0 aromatic rings. The minimum Gasteiger partial charge on any atom is -0.356 e. The molecular formula is C8H14O4. The third-order valence-corrected chi connectivity index (χ3v) is 2.08. The maximum absolute atomic E-state index is 11.1. The quantitative estimate of drug-likeness (QED) is 0.627. The first-order valence-electron chi connectivity index (χ1n) is 3.90. The highest BCUT2D eigenvalue weighted by Gasteiger charge is 2.38. The lowest BCUT2D eigenvalue weighted by Gasteiger charge is -2.13. The van der Waals surface area contributed by atoms with Crippen LogP contribution in [-0.2, 0) is 19.0 Å². The summed E-state index contributed by atoms with van der Waals surface area (Å²) in [4.78, 5) is 11.1. The van der Waals surface area contributed by atoms with E-state index in [1.807, 2.05) is 0 Å². The first kappa shape index (κ1) is 9.64. The number of carbonyl (C=O) groups is 1. The molecule has 0 N–H and O–H groups in total. The molecule has 0 bridgehead atoms. The zero-order valence-corrected chi connectivity index (χ0v) is 7.57. The smallest absolute Gasteiger partial charge is 0.170 e. The van der Waals surface area contributed by atoms with Gasteiger partial charge in [-0.1, -0.05) is 0 Å². The molecule has 1 aliphatic heterocycles. The molecule has 70 valence electrons. The molecule has 1 fully saturated rings. The van der Waals surface area contributed by atoms with E-state index in [-0.39, 0.29) is 18.0 Å². The van der Waals surface area contributed by atoms with Gasteiger partial charge in [0.15, 0.2) is 12.6 Å². The van der Waals surface area contributed by atoms with Gasteiger partial charge in [0.05, 0.1) is 5.92 Å². The van der Waals surface area contributed by atoms with E-state index in [0.717, 1.165) is 0 Å². The van der Waals surface area contributed by atoms with Crippen molar-refractivity contribution in [2.24, 2.45) is 5.92 Å². The lowest BCUT2D eigenvalue weighted by Crippen LogP contribution is -2.23. The molecule has 0 aliphatic carbocycles. The topological polar surface area (TPSA) is 44.8 Å². The Balaban J connectivity index is 2.56. The van der Waals surface area contributed by atoms with Gasteiger partial charge in [-0.2, -0.15) is 0 Å². The van der Waals surface area contributed by atoms with Crippen LogP contribution in [0.25, 0.3) is 0 Å². The molecule has 0 saturated carbocycles. The van der Waals surface area contributed by atoms with Crippen molar-refractivity contribution in [3.05, 3.63) is 0 Å². The van der Waals surface area contributed by atoms with E-state index < -0.39 is 6.29 Å². The standard InChI is InChI=1S/C8H14O4/c1-5(9)6-4-7(10-2)12-8(6)11-3/h6-8H,4H2,1-3H3. The Hall–Kier alpha value is -0.450. The third kappa shape index (κ3) is 1.83. The molecule has 1 heterocycles. The normalized spacial score (nSPS) is 35.4. The summed E-state index contributed by atoms with van der Waals surface area (Å²) in [7, 11) is 3.08. The minimum absolute atomic E-state index is 0.0846. The van der Waals surface area contributed by atoms with Crippen molar-refractivity contribution in [2.75, 3.05) is 14.2 Å². The maximum Gasteiger partial charge on any atom is 0.170 e. The van der Waals surface area contributed by atoms with Crippen LogP contribution in [0.4, 0.5) is 0 Å². The summed E-state index contributed by atoms with van der Waals surface area (Å²) < 4.78 is 15.2. The van der Waals surface area contributed by atoms with Gasteiger partial charge in [-0.3, -0.25) is 4.79 Å². The molecule has 4 nitrogen and oxygen atoms in total. The van der Waals surface area contributed by atoms with Crippen LogP contribution in [-0.4, -0.2) is 32.6 Å². The highest BCUT2D eigenvalue weighted by molar-refractivity contribution is 5.78. The second-order valence-electron chi connectivity index (χ2n) is 2.86. The molecule has 3 atom stereocenters. The van der Waals surface area contributed by atoms with Gasteiger partial charge in [-0.05, 0) is 6.92 Å². The van der Waals surface area contributed by atoms with Crippen LogP contribution in [0.5, 0.6) is 0 Å². The highest BCUT2D eigenvalue weighted by Crippen LogP contribution is 2.27. The van der Waals surface area contributed by atoms with Crippen LogP contribution >= 0.6 is 0 Å². The Morgan fingerprint density at radius 1 is 1.42 bits per heavy atom. The average Bonchev–Trinajstić information content (AvgIpc) is 2.47. The Morgan fingerprint density at radius 2 is 2.08 bits per heavy atom. The van der Waals surface area contributed by atoms with Gasteiger partial charge in [0.2, 0.25) is 0 Å². The zero-order valence-electron chi connectivity index (χ0n) is 7.57. The van der Waals surface area contributed by atoms with Crippen molar-refractivity contribution in [1.29, 1.82) is 0 Å². The van der Waals surface area contributed by atoms with E-state index in [2.05, 4.69) is 0 Å². The van der Waals surface area contributed by atoms with Crippen molar-refractivity contribution >= 4 is 5.78 Å². The SMILES string of the molecule is COC1CC(C(C)=O)C(OC)O1. The number of carbonyl (C=O) groups excluding carboxylic acids is 1. The molecule has 1 saturated heterocycles. The van der Waals surface area contributed by atoms with Gasteiger partial charge >= 0.3 is 0 Å². The van der Waals surface area contributed by atoms with E-state index >= 15 is 0 Å². The lowest BCUT2D eigenvalue weighted by atomic mass is 10.0. The molecule has 1 rings (SSSR count). The van der Waals surface area contributed by atoms with Crippen LogP contribution in [0.3, 0.4) is 0 Å². The molecule has 0 aromatic carbocycles. The zero-order chi connectivity index (χ0) is 9.14. The maximum atomic E-state index is 11.1. The van der Waals surface area contributed by atoms with Gasteiger partial charge in [0, 0.05) is 20.6 Å². The molecule has 0 spiro atoms. The third-order valence-electron chi connectivity index (χ3n) is 2.08. The predicted molar refractivity (Wildman–Crippen MR) is 41.5 cm³/mol. The van der Waals surface area contributed by atoms with Gasteiger partial charge in [0.25, 0.3) is 0 Å². The number of ether oxygens (including phenoxy) is 3. The van der Waals surface area contributed by atoms with E-state index in [1.54, 1.807) is 7.11 Å². The van der Waals surface area contributed by atoms with Gasteiger partial charge in [-0.15, -0.1) is 0 Å². The summed E-state index contributed by atoms with van der Waals surface area (Å²) in [5.74, 6) is -0.0960. The van der Waals surface area contributed by atoms with Crippen molar-refractivity contribution in [2.45, 2.75) is 25.9 Å². The summed E-state index contributed by atoms with van der Waals surface area (Å²) >= 11 is 0. The fourth-order valence-electron chi connectivity index (χ4n) is 1.35. The van der Waals surface area contributed by atoms with Gasteiger partial charge < -0.3 is 14.2 Å². The second kappa shape index (κ2) is 3.98. The summed E-state index contributed by atoms with van der Waals surface area (Å²) in [5.41, 5.74) is 0. The Labute approximate surface area is 71.8 Å². The van der Waals surface area contributed by atoms with E-state index in [9.17, 15) is 4.79 Å². The largest absolute Gasteiger partial charge is 0.356 e. The number of hydrogen-bond acceptors (Lipinski definition) is 4. The Kier molecular flexibility index (Phi) is 3.20. The van der Waals surface area contributed by atoms with Crippen molar-refractivity contribution in [1.82, 2.24) is 0 Å². The lowest BCUT2D eigenvalue weighted by molar-refractivity contribution is -0.193. The number of ketones is 1. The molecule has 0 amide bonds. The molecule has 1 aliphatic rings. The fraction of sp³-hybridized carbons (Fsp3) is 0.875. The van der Waals surface area contributed by atoms with Crippen molar-refractivity contribution in [3.8, 4) is 0 Å². The fourth-order valence-corrected chi connectivity index (χ4v) is 1.35. The number of methoxy groups -OCH3 is 2. The van der Waals surface area contributed by atoms with E-state index in [4.69, 9.17) is 14.2 Å². The van der Waals surface area contributed by atoms with Crippen molar-refractivity contribution < 1.29 is 19.0 Å². The number of rotatable bonds is 3. The summed E-state index contributed by atoms with van der Waals surface area (Å²) in [6, 6.07) is 0. The van der Waals surface area contributed by atoms with Gasteiger partial charge in [-0.25, -0.2) is 0 Å². The van der Waals surface area contributed by atoms with Crippen LogP contribution < -0.4 is 0 Å². The predicted octanol–water partition coefficient (Wildman–Crippen LogP) is 0.557. The average molecular weight is 174 g/mol. The second-order valence-corrected chi connectivity index (χ2v) is 2.86. The molecule has 3 unspecified atom stereocenters. The summed E-state index contributed by atoms with van der Waals surface area (Å²) in [5, 5.41) is 0. The van der Waals surface area contributed by atoms with Crippen LogP contribution in [0.15, 0.2) is 0 Å².